The molecule has 4 nitrogen and oxygen atoms in total. The van der Waals surface area contributed by atoms with Gasteiger partial charge in [-0.2, -0.15) is 52.7 Å². The molecule has 0 radical (unpaired) electrons. The lowest BCUT2D eigenvalue weighted by Crippen LogP contribution is -2.14. The van der Waals surface area contributed by atoms with Crippen molar-refractivity contribution in [3.63, 3.8) is 0 Å². The minimum absolute atomic E-state index is 0.00964. The van der Waals surface area contributed by atoms with Crippen LogP contribution in [0.2, 0.25) is 0 Å². The fourth-order valence-electron chi connectivity index (χ4n) is 8.84. The van der Waals surface area contributed by atoms with Crippen LogP contribution >= 0.6 is 0 Å². The normalized spacial score (nSPS) is 13.1. The van der Waals surface area contributed by atoms with Crippen LogP contribution in [0.1, 0.15) is 118 Å². The standard InChI is InChI=1S/C56H60F12O4/c1-5-13-37-25-41-33-43-27-38(14-6-2)29-45(50(43)70-22-10-18-54(60,61)62)35-47-31-40(16-8-4)32-48(52(47)72-24-12-20-56(66,67)68)36-46-30-39(15-7-3)28-44(51(46)71-23-11-19-55(63,64)65)34-42(26-37)49(41)69-21-9-17-53(57,58)59/h5-8,25-32H,1-4,9-24,33-36H2. The van der Waals surface area contributed by atoms with Crippen molar-refractivity contribution in [1.29, 1.82) is 0 Å². The van der Waals surface area contributed by atoms with Crippen LogP contribution in [0.15, 0.2) is 99.2 Å². The number of benzene rings is 4. The van der Waals surface area contributed by atoms with Gasteiger partial charge in [0.15, 0.2) is 0 Å². The number of halogens is 12. The highest BCUT2D eigenvalue weighted by atomic mass is 19.4. The summed E-state index contributed by atoms with van der Waals surface area (Å²) in [6.07, 6.45) is -16.2. The van der Waals surface area contributed by atoms with E-state index in [1.807, 2.05) is 48.5 Å². The first-order valence-electron chi connectivity index (χ1n) is 23.8. The number of rotatable bonds is 24. The van der Waals surface area contributed by atoms with Crippen LogP contribution in [0.5, 0.6) is 23.0 Å². The first kappa shape index (κ1) is 57.1. The van der Waals surface area contributed by atoms with Gasteiger partial charge in [0, 0.05) is 51.4 Å². The van der Waals surface area contributed by atoms with E-state index >= 15 is 0 Å². The molecule has 72 heavy (non-hydrogen) atoms. The monoisotopic (exact) mass is 1020 g/mol. The molecule has 392 valence electrons. The fourth-order valence-corrected chi connectivity index (χ4v) is 8.84. The zero-order valence-electron chi connectivity index (χ0n) is 40.1. The molecular formula is C56H60F12O4. The predicted molar refractivity (Wildman–Crippen MR) is 256 cm³/mol. The first-order chi connectivity index (χ1) is 34.0. The van der Waals surface area contributed by atoms with Gasteiger partial charge in [-0.1, -0.05) is 72.8 Å². The lowest BCUT2D eigenvalue weighted by molar-refractivity contribution is -0.137. The van der Waals surface area contributed by atoms with Crippen molar-refractivity contribution in [2.75, 3.05) is 26.4 Å². The molecule has 0 atom stereocenters. The van der Waals surface area contributed by atoms with Crippen LogP contribution in [0, 0.1) is 0 Å². The molecule has 0 fully saturated rings. The summed E-state index contributed by atoms with van der Waals surface area (Å²) in [7, 11) is 0. The van der Waals surface area contributed by atoms with Crippen molar-refractivity contribution in [2.24, 2.45) is 0 Å². The van der Waals surface area contributed by atoms with E-state index in [2.05, 4.69) is 26.3 Å². The van der Waals surface area contributed by atoms with Crippen molar-refractivity contribution in [2.45, 2.75) is 127 Å². The SMILES string of the molecule is C=CCc1cc2c(OCCCC(F)(F)F)c(c1)Cc1cc(CC=C)cc(c1OCCCC(F)(F)F)Cc1cc(CC=C)cc(c1OCCCC(F)(F)F)Cc1cc(CC=C)cc(c1OCCCC(F)(F)F)C2. The Labute approximate surface area is 413 Å². The van der Waals surface area contributed by atoms with Gasteiger partial charge in [-0.3, -0.25) is 0 Å². The molecule has 0 heterocycles. The highest BCUT2D eigenvalue weighted by Gasteiger charge is 2.31. The van der Waals surface area contributed by atoms with E-state index in [-0.39, 0.29) is 75.1 Å². The predicted octanol–water partition coefficient (Wildman–Crippen LogP) is 16.2. The fraction of sp³-hybridized carbons (Fsp3) is 0.429. The topological polar surface area (TPSA) is 36.9 Å². The highest BCUT2D eigenvalue weighted by molar-refractivity contribution is 5.59. The maximum absolute atomic E-state index is 13.5. The Balaban J connectivity index is 1.89. The van der Waals surface area contributed by atoms with Gasteiger partial charge in [-0.15, -0.1) is 26.3 Å². The lowest BCUT2D eigenvalue weighted by atomic mass is 9.87. The zero-order chi connectivity index (χ0) is 52.7. The molecule has 8 bridgehead atoms. The highest BCUT2D eigenvalue weighted by Crippen LogP contribution is 2.42. The first-order valence-corrected chi connectivity index (χ1v) is 23.8. The van der Waals surface area contributed by atoms with Crippen LogP contribution in [0.3, 0.4) is 0 Å². The van der Waals surface area contributed by atoms with E-state index in [0.29, 0.717) is 70.2 Å². The summed E-state index contributed by atoms with van der Waals surface area (Å²) < 4.78 is 187. The number of ether oxygens (including phenoxy) is 4. The summed E-state index contributed by atoms with van der Waals surface area (Å²) in [4.78, 5) is 0. The summed E-state index contributed by atoms with van der Waals surface area (Å²) in [6, 6.07) is 14.5. The average Bonchev–Trinajstić information content (AvgIpc) is 3.25. The van der Waals surface area contributed by atoms with Crippen molar-refractivity contribution in [1.82, 2.24) is 0 Å². The van der Waals surface area contributed by atoms with Gasteiger partial charge in [0.05, 0.1) is 26.4 Å². The Morgan fingerprint density at radius 2 is 0.486 bits per heavy atom. The minimum Gasteiger partial charge on any atom is -0.493 e. The summed E-state index contributed by atoms with van der Waals surface area (Å²) >= 11 is 0. The van der Waals surface area contributed by atoms with Gasteiger partial charge in [-0.05, 0) is 118 Å². The lowest BCUT2D eigenvalue weighted by Gasteiger charge is -2.25. The third-order valence-corrected chi connectivity index (χ3v) is 11.7. The number of hydrogen-bond donors (Lipinski definition) is 0. The summed E-state index contributed by atoms with van der Waals surface area (Å²) in [5.41, 5.74) is 6.81. The van der Waals surface area contributed by atoms with E-state index in [1.54, 1.807) is 24.3 Å². The van der Waals surface area contributed by atoms with Crippen LogP contribution < -0.4 is 18.9 Å². The number of hydrogen-bond acceptors (Lipinski definition) is 4. The molecule has 0 aliphatic heterocycles. The average molecular weight is 1030 g/mol. The van der Waals surface area contributed by atoms with Crippen LogP contribution in [0.25, 0.3) is 0 Å². The molecule has 1 aliphatic rings. The van der Waals surface area contributed by atoms with E-state index in [1.165, 1.54) is 0 Å². The second-order valence-corrected chi connectivity index (χ2v) is 17.9. The van der Waals surface area contributed by atoms with Gasteiger partial charge in [0.25, 0.3) is 0 Å². The second-order valence-electron chi connectivity index (χ2n) is 17.9. The molecule has 0 amide bonds. The minimum atomic E-state index is -4.48. The largest absolute Gasteiger partial charge is 0.493 e. The summed E-state index contributed by atoms with van der Waals surface area (Å²) in [5.74, 6) is 0.901. The molecule has 0 aromatic heterocycles. The Hall–Kier alpha value is -5.80. The number of fused-ring (bicyclic) bond motifs is 8. The third-order valence-electron chi connectivity index (χ3n) is 11.7. The molecule has 0 spiro atoms. The molecule has 4 aromatic rings. The van der Waals surface area contributed by atoms with Crippen LogP contribution in [-0.2, 0) is 51.4 Å². The van der Waals surface area contributed by atoms with Gasteiger partial charge in [0.2, 0.25) is 0 Å². The summed E-state index contributed by atoms with van der Waals surface area (Å²) in [5, 5.41) is 0. The van der Waals surface area contributed by atoms with Crippen LogP contribution in [-0.4, -0.2) is 51.1 Å². The van der Waals surface area contributed by atoms with Gasteiger partial charge in [0.1, 0.15) is 23.0 Å². The Morgan fingerprint density at radius 1 is 0.319 bits per heavy atom. The van der Waals surface area contributed by atoms with E-state index in [9.17, 15) is 52.7 Å². The smallest absolute Gasteiger partial charge is 0.389 e. The molecule has 0 N–H and O–H groups in total. The Kier molecular flexibility index (Phi) is 20.4. The molecule has 4 aromatic carbocycles. The quantitative estimate of drug-likeness (QED) is 0.0351. The van der Waals surface area contributed by atoms with E-state index in [4.69, 9.17) is 18.9 Å². The maximum Gasteiger partial charge on any atom is 0.389 e. The third kappa shape index (κ3) is 18.4. The molecule has 0 saturated heterocycles. The Morgan fingerprint density at radius 3 is 0.625 bits per heavy atom. The van der Waals surface area contributed by atoms with Crippen molar-refractivity contribution >= 4 is 0 Å². The van der Waals surface area contributed by atoms with Crippen LogP contribution in [0.4, 0.5) is 52.7 Å². The Bertz CT molecular complexity index is 2050. The van der Waals surface area contributed by atoms with E-state index in [0.717, 1.165) is 22.3 Å². The second kappa shape index (κ2) is 25.7. The van der Waals surface area contributed by atoms with Crippen molar-refractivity contribution < 1.29 is 71.6 Å². The van der Waals surface area contributed by atoms with Gasteiger partial charge in [-0.25, -0.2) is 0 Å². The molecule has 0 saturated carbocycles. The number of alkyl halides is 12. The van der Waals surface area contributed by atoms with Crippen molar-refractivity contribution in [3.05, 3.63) is 166 Å². The molecule has 0 unspecified atom stereocenters. The molecule has 1 aliphatic carbocycles. The molecule has 16 heteroatoms. The zero-order valence-corrected chi connectivity index (χ0v) is 40.1. The van der Waals surface area contributed by atoms with E-state index < -0.39 is 76.1 Å². The number of allylic oxidation sites excluding steroid dienone is 4. The van der Waals surface area contributed by atoms with Crippen molar-refractivity contribution in [3.8, 4) is 23.0 Å². The maximum atomic E-state index is 13.5. The van der Waals surface area contributed by atoms with Gasteiger partial charge < -0.3 is 18.9 Å². The molecular weight excluding hydrogens is 965 g/mol. The van der Waals surface area contributed by atoms with Gasteiger partial charge >= 0.3 is 24.7 Å². The molecule has 5 rings (SSSR count). The summed E-state index contributed by atoms with van der Waals surface area (Å²) in [6.45, 7) is 14.2.